The van der Waals surface area contributed by atoms with Crippen molar-refractivity contribution in [1.29, 1.82) is 0 Å². The summed E-state index contributed by atoms with van der Waals surface area (Å²) < 4.78 is 0. The minimum absolute atomic E-state index is 0.00950. The van der Waals surface area contributed by atoms with Gasteiger partial charge in [-0.15, -0.1) is 0 Å². The van der Waals surface area contributed by atoms with Crippen LogP contribution in [0.1, 0.15) is 32.6 Å². The summed E-state index contributed by atoms with van der Waals surface area (Å²) in [6.45, 7) is 2.65. The summed E-state index contributed by atoms with van der Waals surface area (Å²) in [7, 11) is 0. The molecular weight excluding hydrogens is 360 g/mol. The van der Waals surface area contributed by atoms with Gasteiger partial charge >= 0.3 is 0 Å². The number of hydrogen-bond acceptors (Lipinski definition) is 2. The summed E-state index contributed by atoms with van der Waals surface area (Å²) in [4.78, 5) is 27.3. The first-order valence-corrected chi connectivity index (χ1v) is 9.89. The number of anilines is 2. The molecular formula is C22H25ClN2O2. The molecule has 1 N–H and O–H groups in total. The van der Waals surface area contributed by atoms with Gasteiger partial charge in [-0.25, -0.2) is 0 Å². The summed E-state index contributed by atoms with van der Waals surface area (Å²) in [5.41, 5.74) is 1.69. The van der Waals surface area contributed by atoms with Crippen molar-refractivity contribution in [3.63, 3.8) is 0 Å². The van der Waals surface area contributed by atoms with Crippen LogP contribution in [0.2, 0.25) is 5.02 Å². The van der Waals surface area contributed by atoms with Crippen LogP contribution in [-0.4, -0.2) is 18.4 Å². The molecule has 1 saturated carbocycles. The van der Waals surface area contributed by atoms with E-state index >= 15 is 0 Å². The molecule has 0 aromatic heterocycles. The largest absolute Gasteiger partial charge is 0.326 e. The third-order valence-electron chi connectivity index (χ3n) is 5.21. The Labute approximate surface area is 165 Å². The fourth-order valence-electron chi connectivity index (χ4n) is 3.67. The fourth-order valence-corrected chi connectivity index (χ4v) is 3.80. The highest BCUT2D eigenvalue weighted by Crippen LogP contribution is 2.32. The minimum Gasteiger partial charge on any atom is -0.326 e. The van der Waals surface area contributed by atoms with Crippen molar-refractivity contribution < 1.29 is 9.59 Å². The summed E-state index contributed by atoms with van der Waals surface area (Å²) in [6, 6.07) is 16.9. The molecule has 0 radical (unpaired) electrons. The Bertz CT molecular complexity index is 769. The molecule has 2 amide bonds. The first-order valence-electron chi connectivity index (χ1n) is 9.51. The first-order chi connectivity index (χ1) is 13.1. The molecule has 3 rings (SSSR count). The van der Waals surface area contributed by atoms with E-state index in [0.29, 0.717) is 11.6 Å². The van der Waals surface area contributed by atoms with Gasteiger partial charge in [0.25, 0.3) is 0 Å². The van der Waals surface area contributed by atoms with Crippen LogP contribution in [-0.2, 0) is 9.59 Å². The highest BCUT2D eigenvalue weighted by atomic mass is 35.5. The van der Waals surface area contributed by atoms with Crippen LogP contribution >= 0.6 is 11.6 Å². The van der Waals surface area contributed by atoms with Crippen LogP contribution in [0.5, 0.6) is 0 Å². The molecule has 0 spiro atoms. The van der Waals surface area contributed by atoms with E-state index in [0.717, 1.165) is 37.1 Å². The van der Waals surface area contributed by atoms with E-state index in [4.69, 9.17) is 11.6 Å². The molecule has 0 aliphatic heterocycles. The zero-order valence-corrected chi connectivity index (χ0v) is 16.3. The lowest BCUT2D eigenvalue weighted by Crippen LogP contribution is -2.39. The predicted molar refractivity (Wildman–Crippen MR) is 110 cm³/mol. The smallest absolute Gasteiger partial charge is 0.230 e. The molecule has 0 bridgehead atoms. The number of carbonyl (C=O) groups excluding carboxylic acids is 2. The number of rotatable bonds is 5. The zero-order valence-electron chi connectivity index (χ0n) is 15.5. The Balaban J connectivity index is 1.55. The van der Waals surface area contributed by atoms with Gasteiger partial charge in [-0.3, -0.25) is 9.59 Å². The molecule has 27 heavy (non-hydrogen) atoms. The molecule has 4 nitrogen and oxygen atoms in total. The number of nitrogens with one attached hydrogen (secondary N) is 1. The lowest BCUT2D eigenvalue weighted by atomic mass is 9.80. The average molecular weight is 385 g/mol. The third-order valence-corrected chi connectivity index (χ3v) is 5.46. The first kappa shape index (κ1) is 19.4. The number of nitrogens with zero attached hydrogens (tertiary/aromatic N) is 1. The van der Waals surface area contributed by atoms with Gasteiger partial charge in [0.15, 0.2) is 0 Å². The summed E-state index contributed by atoms with van der Waals surface area (Å²) in [6.07, 6.45) is 2.98. The third kappa shape index (κ3) is 4.89. The normalized spacial score (nSPS) is 19.3. The summed E-state index contributed by atoms with van der Waals surface area (Å²) >= 11 is 5.88. The molecule has 5 heteroatoms. The Kier molecular flexibility index (Phi) is 6.51. The Morgan fingerprint density at radius 1 is 0.963 bits per heavy atom. The van der Waals surface area contributed by atoms with Crippen LogP contribution < -0.4 is 10.2 Å². The average Bonchev–Trinajstić information content (AvgIpc) is 2.71. The van der Waals surface area contributed by atoms with Crippen molar-refractivity contribution in [1.82, 2.24) is 0 Å². The second kappa shape index (κ2) is 9.05. The Hall–Kier alpha value is -2.33. The molecule has 0 atom stereocenters. The van der Waals surface area contributed by atoms with E-state index in [-0.39, 0.29) is 23.7 Å². The van der Waals surface area contributed by atoms with Crippen LogP contribution in [0.15, 0.2) is 54.6 Å². The van der Waals surface area contributed by atoms with E-state index < -0.39 is 0 Å². The highest BCUT2D eigenvalue weighted by molar-refractivity contribution is 6.30. The molecule has 0 saturated heterocycles. The summed E-state index contributed by atoms with van der Waals surface area (Å²) in [5, 5.41) is 3.59. The van der Waals surface area contributed by atoms with Crippen LogP contribution in [0.4, 0.5) is 11.4 Å². The van der Waals surface area contributed by atoms with Crippen molar-refractivity contribution in [2.24, 2.45) is 11.8 Å². The predicted octanol–water partition coefficient (Wildman–Crippen LogP) is 5.14. The molecule has 1 aliphatic rings. The van der Waals surface area contributed by atoms with Crippen molar-refractivity contribution in [3.05, 3.63) is 59.6 Å². The number of amides is 2. The fraction of sp³-hybridized carbons (Fsp3) is 0.364. The lowest BCUT2D eigenvalue weighted by Gasteiger charge is -2.31. The molecule has 142 valence electrons. The van der Waals surface area contributed by atoms with E-state index in [2.05, 4.69) is 5.32 Å². The highest BCUT2D eigenvalue weighted by Gasteiger charge is 2.32. The number of hydrogen-bond donors (Lipinski definition) is 1. The van der Waals surface area contributed by atoms with Crippen LogP contribution in [0.3, 0.4) is 0 Å². The summed E-state index contributed by atoms with van der Waals surface area (Å²) in [5.74, 6) is 0.139. The SMILES string of the molecule is CCN(C(=O)C1CCC(C(=O)Nc2ccc(Cl)cc2)CC1)c1ccccc1. The van der Waals surface area contributed by atoms with Crippen LogP contribution in [0.25, 0.3) is 0 Å². The maximum atomic E-state index is 12.9. The minimum atomic E-state index is -0.0449. The number of para-hydroxylation sites is 1. The van der Waals surface area contributed by atoms with E-state index in [9.17, 15) is 9.59 Å². The van der Waals surface area contributed by atoms with Gasteiger partial charge in [-0.1, -0.05) is 29.8 Å². The maximum Gasteiger partial charge on any atom is 0.230 e. The maximum absolute atomic E-state index is 12.9. The molecule has 1 fully saturated rings. The monoisotopic (exact) mass is 384 g/mol. The van der Waals surface area contributed by atoms with Crippen LogP contribution in [0, 0.1) is 11.8 Å². The second-order valence-electron chi connectivity index (χ2n) is 6.96. The van der Waals surface area contributed by atoms with E-state index in [1.807, 2.05) is 42.2 Å². The van der Waals surface area contributed by atoms with Gasteiger partial charge in [0.05, 0.1) is 0 Å². The molecule has 1 aliphatic carbocycles. The lowest BCUT2D eigenvalue weighted by molar-refractivity contribution is -0.126. The van der Waals surface area contributed by atoms with Gasteiger partial charge in [-0.2, -0.15) is 0 Å². The topological polar surface area (TPSA) is 49.4 Å². The number of halogens is 1. The van der Waals surface area contributed by atoms with E-state index in [1.54, 1.807) is 24.3 Å². The van der Waals surface area contributed by atoms with Gasteiger partial charge in [0.2, 0.25) is 11.8 Å². The molecule has 2 aromatic rings. The van der Waals surface area contributed by atoms with Gasteiger partial charge in [0.1, 0.15) is 0 Å². The number of benzene rings is 2. The van der Waals surface area contributed by atoms with Crippen molar-refractivity contribution in [2.45, 2.75) is 32.6 Å². The quantitative estimate of drug-likeness (QED) is 0.776. The molecule has 0 unspecified atom stereocenters. The number of carbonyl (C=O) groups is 2. The Morgan fingerprint density at radius 2 is 1.56 bits per heavy atom. The standard InChI is InChI=1S/C22H25ClN2O2/c1-2-25(20-6-4-3-5-7-20)22(27)17-10-8-16(9-11-17)21(26)24-19-14-12-18(23)13-15-19/h3-7,12-17H,2,8-11H2,1H3,(H,24,26). The van der Waals surface area contributed by atoms with Gasteiger partial charge < -0.3 is 10.2 Å². The van der Waals surface area contributed by atoms with Gasteiger partial charge in [-0.05, 0) is 69.0 Å². The molecule has 2 aromatic carbocycles. The molecule has 0 heterocycles. The van der Waals surface area contributed by atoms with Gasteiger partial charge in [0, 0.05) is 34.8 Å². The van der Waals surface area contributed by atoms with E-state index in [1.165, 1.54) is 0 Å². The van der Waals surface area contributed by atoms with Crippen molar-refractivity contribution in [2.75, 3.05) is 16.8 Å². The van der Waals surface area contributed by atoms with Crippen molar-refractivity contribution in [3.8, 4) is 0 Å². The van der Waals surface area contributed by atoms with Crippen molar-refractivity contribution >= 4 is 34.8 Å². The zero-order chi connectivity index (χ0) is 19.2. The Morgan fingerprint density at radius 3 is 2.15 bits per heavy atom. The second-order valence-corrected chi connectivity index (χ2v) is 7.40.